The molecule has 0 aliphatic heterocycles. The van der Waals surface area contributed by atoms with Crippen LogP contribution < -0.4 is 21.2 Å². The standard InChI is InChI=1S/C27H26O2P2.H2O2/c1-23(31(29,26-18-10-4-11-19-26)27-20-12-5-13-21-27)22-30(28,24-14-6-2-7-15-24)25-16-8-3-9-17-25;1-2/h2-21,23H,22H2,1H3;1-2H. The summed E-state index contributed by atoms with van der Waals surface area (Å²) in [7, 11) is -6.01. The van der Waals surface area contributed by atoms with E-state index >= 15 is 0 Å². The molecule has 6 heteroatoms. The van der Waals surface area contributed by atoms with Crippen molar-refractivity contribution >= 4 is 35.5 Å². The maximum atomic E-state index is 14.7. The molecule has 0 spiro atoms. The van der Waals surface area contributed by atoms with Crippen molar-refractivity contribution < 1.29 is 19.6 Å². The molecule has 1 atom stereocenters. The Morgan fingerprint density at radius 3 is 1.12 bits per heavy atom. The third-order valence-corrected chi connectivity index (χ3v) is 12.9. The van der Waals surface area contributed by atoms with Crippen LogP contribution in [-0.4, -0.2) is 22.3 Å². The van der Waals surface area contributed by atoms with Crippen LogP contribution in [0.4, 0.5) is 0 Å². The Kier molecular flexibility index (Phi) is 8.61. The van der Waals surface area contributed by atoms with Gasteiger partial charge in [0.1, 0.15) is 14.3 Å². The third-order valence-electron chi connectivity index (χ3n) is 5.77. The minimum Gasteiger partial charge on any atom is -0.314 e. The molecular weight excluding hydrogens is 450 g/mol. The van der Waals surface area contributed by atoms with Crippen molar-refractivity contribution in [3.63, 3.8) is 0 Å². The highest BCUT2D eigenvalue weighted by Gasteiger charge is 2.39. The lowest BCUT2D eigenvalue weighted by molar-refractivity contribution is -0.176. The van der Waals surface area contributed by atoms with Gasteiger partial charge < -0.3 is 9.13 Å². The molecule has 0 bridgehead atoms. The molecule has 0 radical (unpaired) electrons. The van der Waals surface area contributed by atoms with E-state index < -0.39 is 14.3 Å². The second-order valence-electron chi connectivity index (χ2n) is 7.77. The second kappa shape index (κ2) is 11.4. The Labute approximate surface area is 195 Å². The van der Waals surface area contributed by atoms with Gasteiger partial charge in [0.15, 0.2) is 0 Å². The zero-order valence-corrected chi connectivity index (χ0v) is 20.2. The van der Waals surface area contributed by atoms with Crippen LogP contribution in [-0.2, 0) is 9.13 Å². The number of hydrogen-bond donors (Lipinski definition) is 2. The summed E-state index contributed by atoms with van der Waals surface area (Å²) < 4.78 is 29.4. The van der Waals surface area contributed by atoms with E-state index in [2.05, 4.69) is 0 Å². The zero-order chi connectivity index (χ0) is 23.7. The normalized spacial score (nSPS) is 12.3. The monoisotopic (exact) mass is 478 g/mol. The summed E-state index contributed by atoms with van der Waals surface area (Å²) in [5.74, 6) is 0. The lowest BCUT2D eigenvalue weighted by Gasteiger charge is -2.30. The average molecular weight is 478 g/mol. The van der Waals surface area contributed by atoms with Gasteiger partial charge in [0.05, 0.1) is 0 Å². The van der Waals surface area contributed by atoms with E-state index in [1.165, 1.54) is 0 Å². The minimum atomic E-state index is -3.02. The molecule has 0 heterocycles. The first-order chi connectivity index (χ1) is 16.0. The Hall–Kier alpha value is -2.74. The molecule has 1 unspecified atom stereocenters. The number of benzene rings is 4. The second-order valence-corrected chi connectivity index (χ2v) is 13.9. The summed E-state index contributed by atoms with van der Waals surface area (Å²) in [4.78, 5) is 0. The van der Waals surface area contributed by atoms with Crippen molar-refractivity contribution in [3.8, 4) is 0 Å². The maximum absolute atomic E-state index is 14.7. The van der Waals surface area contributed by atoms with Crippen molar-refractivity contribution in [2.45, 2.75) is 12.6 Å². The van der Waals surface area contributed by atoms with Crippen molar-refractivity contribution in [2.24, 2.45) is 0 Å². The average Bonchev–Trinajstić information content (AvgIpc) is 2.91. The fourth-order valence-corrected chi connectivity index (χ4v) is 11.1. The summed E-state index contributed by atoms with van der Waals surface area (Å²) in [6.45, 7) is 1.99. The Bertz CT molecular complexity index is 1130. The van der Waals surface area contributed by atoms with Crippen molar-refractivity contribution in [1.29, 1.82) is 0 Å². The van der Waals surface area contributed by atoms with Gasteiger partial charge in [-0.05, 0) is 0 Å². The molecule has 4 aromatic carbocycles. The van der Waals surface area contributed by atoms with Crippen LogP contribution in [0.25, 0.3) is 0 Å². The van der Waals surface area contributed by atoms with Crippen LogP contribution in [0.15, 0.2) is 121 Å². The first kappa shape index (κ1) is 24.9. The van der Waals surface area contributed by atoms with Crippen LogP contribution in [0.2, 0.25) is 0 Å². The van der Waals surface area contributed by atoms with Crippen molar-refractivity contribution in [1.82, 2.24) is 0 Å². The Morgan fingerprint density at radius 2 is 0.818 bits per heavy atom. The van der Waals surface area contributed by atoms with E-state index in [4.69, 9.17) is 10.5 Å². The molecule has 4 nitrogen and oxygen atoms in total. The van der Waals surface area contributed by atoms with E-state index in [1.54, 1.807) is 0 Å². The summed E-state index contributed by atoms with van der Waals surface area (Å²) in [5, 5.41) is 15.2. The molecule has 0 aliphatic rings. The third kappa shape index (κ3) is 5.27. The van der Waals surface area contributed by atoms with E-state index in [1.807, 2.05) is 128 Å². The molecule has 0 fully saturated rings. The van der Waals surface area contributed by atoms with E-state index in [-0.39, 0.29) is 5.66 Å². The summed E-state index contributed by atoms with van der Waals surface area (Å²) in [6, 6.07) is 38.5. The van der Waals surface area contributed by atoms with Gasteiger partial charge in [-0.25, -0.2) is 0 Å². The Balaban J connectivity index is 0.00000149. The van der Waals surface area contributed by atoms with E-state index in [0.717, 1.165) is 21.2 Å². The highest BCUT2D eigenvalue weighted by Crippen LogP contribution is 2.55. The molecule has 0 amide bonds. The minimum absolute atomic E-state index is 0.302. The topological polar surface area (TPSA) is 74.6 Å². The molecule has 0 saturated carbocycles. The van der Waals surface area contributed by atoms with Gasteiger partial charge >= 0.3 is 0 Å². The first-order valence-corrected chi connectivity index (χ1v) is 14.3. The van der Waals surface area contributed by atoms with Crippen molar-refractivity contribution in [2.75, 3.05) is 6.16 Å². The predicted octanol–water partition coefficient (Wildman–Crippen LogP) is 5.42. The zero-order valence-electron chi connectivity index (χ0n) is 18.4. The fraction of sp³-hybridized carbons (Fsp3) is 0.111. The Morgan fingerprint density at radius 1 is 0.545 bits per heavy atom. The van der Waals surface area contributed by atoms with Gasteiger partial charge in [0.2, 0.25) is 0 Å². The highest BCUT2D eigenvalue weighted by molar-refractivity contribution is 7.82. The summed E-state index contributed by atoms with van der Waals surface area (Å²) in [5.41, 5.74) is -0.302. The quantitative estimate of drug-likeness (QED) is 0.211. The van der Waals surface area contributed by atoms with Crippen molar-refractivity contribution in [3.05, 3.63) is 121 Å². The highest BCUT2D eigenvalue weighted by atomic mass is 31.2. The lowest BCUT2D eigenvalue weighted by atomic mass is 10.4. The lowest BCUT2D eigenvalue weighted by Crippen LogP contribution is -2.30. The molecule has 170 valence electrons. The molecule has 33 heavy (non-hydrogen) atoms. The molecule has 4 aromatic rings. The molecule has 0 aromatic heterocycles. The molecule has 4 rings (SSSR count). The smallest absolute Gasteiger partial charge is 0.146 e. The fourth-order valence-electron chi connectivity index (χ4n) is 4.14. The van der Waals surface area contributed by atoms with Gasteiger partial charge in [0, 0.05) is 33.0 Å². The predicted molar refractivity (Wildman–Crippen MR) is 139 cm³/mol. The van der Waals surface area contributed by atoms with Gasteiger partial charge in [0.25, 0.3) is 0 Å². The van der Waals surface area contributed by atoms with Crippen LogP contribution in [0.3, 0.4) is 0 Å². The van der Waals surface area contributed by atoms with Crippen LogP contribution >= 0.6 is 14.3 Å². The number of hydrogen-bond acceptors (Lipinski definition) is 4. The molecule has 0 aliphatic carbocycles. The first-order valence-electron chi connectivity index (χ1n) is 10.7. The van der Waals surface area contributed by atoms with Gasteiger partial charge in [-0.1, -0.05) is 128 Å². The molecule has 2 N–H and O–H groups in total. The van der Waals surface area contributed by atoms with Crippen LogP contribution in [0.5, 0.6) is 0 Å². The summed E-state index contributed by atoms with van der Waals surface area (Å²) >= 11 is 0. The molecule has 0 saturated heterocycles. The number of rotatable bonds is 7. The van der Waals surface area contributed by atoms with Gasteiger partial charge in [-0.2, -0.15) is 0 Å². The largest absolute Gasteiger partial charge is 0.314 e. The van der Waals surface area contributed by atoms with Crippen LogP contribution in [0, 0.1) is 0 Å². The van der Waals surface area contributed by atoms with E-state index in [9.17, 15) is 9.13 Å². The maximum Gasteiger partial charge on any atom is 0.146 e. The summed E-state index contributed by atoms with van der Waals surface area (Å²) in [6.07, 6.45) is 0.335. The van der Waals surface area contributed by atoms with Gasteiger partial charge in [-0.3, -0.25) is 10.5 Å². The SMILES string of the molecule is CC(CP(=O)(c1ccccc1)c1ccccc1)P(=O)(c1ccccc1)c1ccccc1.OO. The molecular formula is C27H28O4P2. The van der Waals surface area contributed by atoms with E-state index in [0.29, 0.717) is 6.16 Å². The van der Waals surface area contributed by atoms with Crippen LogP contribution in [0.1, 0.15) is 6.92 Å². The van der Waals surface area contributed by atoms with Gasteiger partial charge in [-0.15, -0.1) is 0 Å².